The molecule has 0 aliphatic carbocycles. The minimum Gasteiger partial charge on any atom is -0.390 e. The third-order valence-corrected chi connectivity index (χ3v) is 2.68. The van der Waals surface area contributed by atoms with Crippen LogP contribution in [0.2, 0.25) is 6.04 Å². The zero-order valence-electron chi connectivity index (χ0n) is 10.8. The van der Waals surface area contributed by atoms with Crippen LogP contribution in [-0.2, 0) is 14.2 Å². The molecule has 0 amide bonds. The van der Waals surface area contributed by atoms with Crippen molar-refractivity contribution in [2.45, 2.75) is 18.8 Å². The van der Waals surface area contributed by atoms with Crippen molar-refractivity contribution in [1.82, 2.24) is 0 Å². The Morgan fingerprint density at radius 2 is 2.29 bits per heavy atom. The monoisotopic (exact) mass is 230 g/mol. The normalized spacial score (nSPS) is 26.6. The van der Waals surface area contributed by atoms with Gasteiger partial charge in [-0.15, -0.1) is 0 Å². The molecule has 0 saturated carbocycles. The molecule has 0 spiro atoms. The third-order valence-electron chi connectivity index (χ3n) is 1.72. The van der Waals surface area contributed by atoms with E-state index in [1.807, 2.05) is 0 Å². The Morgan fingerprint density at radius 1 is 1.43 bits per heavy atom. The fourth-order valence-electron chi connectivity index (χ4n) is 1.07. The first-order valence-electron chi connectivity index (χ1n) is 5.73. The van der Waals surface area contributed by atoms with Crippen molar-refractivity contribution >= 4 is 8.80 Å². The highest BCUT2D eigenvalue weighted by atomic mass is 28.4. The Hall–Kier alpha value is -0.0231. The minimum atomic E-state index is -3.46. The molecule has 1 rings (SSSR count). The molecule has 1 aliphatic heterocycles. The summed E-state index contributed by atoms with van der Waals surface area (Å²) in [6.07, 6.45) is 0.0634. The maximum Gasteiger partial charge on any atom is 0.492 e. The lowest BCUT2D eigenvalue weighted by atomic mass is 10.5. The van der Waals surface area contributed by atoms with Gasteiger partial charge in [0.05, 0.1) is 19.8 Å². The van der Waals surface area contributed by atoms with Gasteiger partial charge in [-0.1, -0.05) is 0 Å². The highest BCUT2D eigenvalue weighted by Gasteiger charge is 2.26. The molecule has 0 bridgehead atoms. The fourth-order valence-corrected chi connectivity index (χ4v) is 1.64. The van der Waals surface area contributed by atoms with Crippen LogP contribution < -0.4 is 0 Å². The summed E-state index contributed by atoms with van der Waals surface area (Å²) in [5.74, 6) is 0. The van der Waals surface area contributed by atoms with Gasteiger partial charge < -0.3 is 28.6 Å². The topological polar surface area (TPSA) is 88.4 Å². The van der Waals surface area contributed by atoms with Gasteiger partial charge in [-0.25, -0.2) is 0 Å². The van der Waals surface area contributed by atoms with Crippen molar-refractivity contribution in [3.63, 3.8) is 0 Å². The molecule has 1 heterocycles. The standard InChI is InChI=1S/C7H16O6Si/c8-14(9,10)5-1-2-12-7-6-11-3-4-13-7/h7-10H,1-6H2/i8T,9T,10T. The summed E-state index contributed by atoms with van der Waals surface area (Å²) in [6.45, 7) is 1.80. The predicted molar refractivity (Wildman–Crippen MR) is 48.3 cm³/mol. The molecule has 0 radical (unpaired) electrons. The molecular weight excluding hydrogens is 208 g/mol. The molecular formula is C7H16O6Si. The molecule has 1 atom stereocenters. The highest BCUT2D eigenvalue weighted by Crippen LogP contribution is 2.06. The second-order valence-corrected chi connectivity index (χ2v) is 4.90. The zero-order chi connectivity index (χ0) is 12.6. The second-order valence-electron chi connectivity index (χ2n) is 3.03. The van der Waals surface area contributed by atoms with E-state index < -0.39 is 8.80 Å². The summed E-state index contributed by atoms with van der Waals surface area (Å²) >= 11 is 0. The SMILES string of the molecule is [3H]O[Si](CCCOC1COCCO1)(O[3H])O[3H]. The largest absolute Gasteiger partial charge is 0.492 e. The molecule has 0 aromatic rings. The Bertz CT molecular complexity index is 194. The van der Waals surface area contributed by atoms with Crippen LogP contribution in [0.4, 0.5) is 0 Å². The molecule has 14 heavy (non-hydrogen) atoms. The fraction of sp³-hybridized carbons (Fsp3) is 1.00. The molecule has 84 valence electrons. The van der Waals surface area contributed by atoms with Crippen LogP contribution in [0, 0.1) is 0 Å². The smallest absolute Gasteiger partial charge is 0.390 e. The second kappa shape index (κ2) is 5.76. The van der Waals surface area contributed by atoms with Gasteiger partial charge >= 0.3 is 8.80 Å². The highest BCUT2D eigenvalue weighted by molar-refractivity contribution is 6.56. The van der Waals surface area contributed by atoms with Crippen LogP contribution in [0.25, 0.3) is 0 Å². The number of hydrogen-bond donors (Lipinski definition) is 3. The summed E-state index contributed by atoms with van der Waals surface area (Å²) in [4.78, 5) is 12.6. The summed E-state index contributed by atoms with van der Waals surface area (Å²) in [5.41, 5.74) is 0. The van der Waals surface area contributed by atoms with Crippen LogP contribution >= 0.6 is 0 Å². The van der Waals surface area contributed by atoms with Crippen LogP contribution in [0.3, 0.4) is 0 Å². The lowest BCUT2D eigenvalue weighted by molar-refractivity contribution is -0.211. The Balaban J connectivity index is 2.13. The lowest BCUT2D eigenvalue weighted by Crippen LogP contribution is -2.35. The van der Waals surface area contributed by atoms with E-state index in [4.69, 9.17) is 18.5 Å². The summed E-state index contributed by atoms with van der Waals surface area (Å²) in [6, 6.07) is 0.164. The predicted octanol–water partition coefficient (Wildman–Crippen LogP) is -1.32. The Morgan fingerprint density at radius 3 is 2.93 bits per heavy atom. The van der Waals surface area contributed by atoms with Crippen molar-refractivity contribution in [3.8, 4) is 0 Å². The van der Waals surface area contributed by atoms with Gasteiger partial charge in [0, 0.05) is 12.7 Å². The molecule has 6 nitrogen and oxygen atoms in total. The van der Waals surface area contributed by atoms with E-state index in [0.29, 0.717) is 32.8 Å². The minimum absolute atomic E-state index is 0.164. The molecule has 3 N–H and O–H groups in total. The first-order chi connectivity index (χ1) is 8.26. The Kier molecular flexibility index (Phi) is 3.36. The summed E-state index contributed by atoms with van der Waals surface area (Å²) in [7, 11) is -3.46. The first-order valence-corrected chi connectivity index (χ1v) is 6.43. The van der Waals surface area contributed by atoms with Gasteiger partial charge in [0.15, 0.2) is 10.6 Å². The van der Waals surface area contributed by atoms with Crippen LogP contribution in [-0.4, -0.2) is 60.2 Å². The van der Waals surface area contributed by atoms with Crippen molar-refractivity contribution in [2.24, 2.45) is 0 Å². The molecule has 1 aliphatic rings. The average molecular weight is 230 g/mol. The summed E-state index contributed by atoms with van der Waals surface area (Å²) in [5, 5.41) is 0. The molecule has 1 fully saturated rings. The van der Waals surface area contributed by atoms with Crippen molar-refractivity contribution < 1.29 is 28.6 Å². The Labute approximate surface area is 87.9 Å². The van der Waals surface area contributed by atoms with E-state index >= 15 is 0 Å². The van der Waals surface area contributed by atoms with E-state index in [0.717, 1.165) is 0 Å². The number of ether oxygens (including phenoxy) is 3. The van der Waals surface area contributed by atoms with Gasteiger partial charge in [-0.05, 0) is 6.42 Å². The van der Waals surface area contributed by atoms with Gasteiger partial charge in [-0.2, -0.15) is 0 Å². The van der Waals surface area contributed by atoms with Crippen LogP contribution in [0.1, 0.15) is 6.42 Å². The van der Waals surface area contributed by atoms with E-state index in [9.17, 15) is 0 Å². The van der Waals surface area contributed by atoms with Gasteiger partial charge in [0.1, 0.15) is 0 Å². The zero-order valence-corrected chi connectivity index (χ0v) is 8.77. The van der Waals surface area contributed by atoms with E-state index in [-0.39, 0.29) is 12.3 Å². The van der Waals surface area contributed by atoms with Crippen LogP contribution in [0.5, 0.6) is 0 Å². The molecule has 0 aromatic carbocycles. The third kappa shape index (κ3) is 5.65. The summed E-state index contributed by atoms with van der Waals surface area (Å²) < 4.78 is 35.9. The van der Waals surface area contributed by atoms with Gasteiger partial charge in [0.25, 0.3) is 0 Å². The maximum absolute atomic E-state index is 6.73. The number of hydrogen-bond acceptors (Lipinski definition) is 6. The first kappa shape index (κ1) is 8.17. The maximum atomic E-state index is 6.73. The van der Waals surface area contributed by atoms with E-state index in [2.05, 4.69) is 14.4 Å². The van der Waals surface area contributed by atoms with E-state index in [1.165, 1.54) is 0 Å². The number of rotatable bonds is 8. The quantitative estimate of drug-likeness (QED) is 0.354. The van der Waals surface area contributed by atoms with Crippen molar-refractivity contribution in [3.05, 3.63) is 0 Å². The molecule has 1 unspecified atom stereocenters. The molecule has 1 saturated heterocycles. The van der Waals surface area contributed by atoms with Crippen LogP contribution in [0.15, 0.2) is 0 Å². The van der Waals surface area contributed by atoms with Gasteiger partial charge in [0.2, 0.25) is 0 Å². The van der Waals surface area contributed by atoms with Crippen molar-refractivity contribution in [2.75, 3.05) is 26.4 Å². The van der Waals surface area contributed by atoms with E-state index in [1.54, 1.807) is 0 Å². The van der Waals surface area contributed by atoms with Gasteiger partial charge in [-0.3, -0.25) is 0 Å². The lowest BCUT2D eigenvalue weighted by Gasteiger charge is -2.23. The molecule has 7 heteroatoms. The van der Waals surface area contributed by atoms with Crippen molar-refractivity contribution in [1.29, 1.82) is 4.29 Å². The average Bonchev–Trinajstić information content (AvgIpc) is 2.41. The molecule has 0 aromatic heterocycles.